The zero-order valence-electron chi connectivity index (χ0n) is 29.7. The summed E-state index contributed by atoms with van der Waals surface area (Å²) in [6.07, 6.45) is 7.81. The molecule has 0 aliphatic heterocycles. The Morgan fingerprint density at radius 1 is 0.696 bits per heavy atom. The molecule has 4 heterocycles. The highest BCUT2D eigenvalue weighted by Crippen LogP contribution is 2.38. The summed E-state index contributed by atoms with van der Waals surface area (Å²) >= 11 is 0. The van der Waals surface area contributed by atoms with Crippen LogP contribution < -0.4 is 11.1 Å². The number of hydrogen-bond donors (Lipinski definition) is 1. The van der Waals surface area contributed by atoms with E-state index in [1.54, 1.807) is 4.57 Å². The van der Waals surface area contributed by atoms with Gasteiger partial charge in [-0.15, -0.1) is 0 Å². The highest BCUT2D eigenvalue weighted by molar-refractivity contribution is 6.74. The Morgan fingerprint density at radius 3 is 1.74 bits per heavy atom. The van der Waals surface area contributed by atoms with Crippen LogP contribution in [0.25, 0.3) is 16.7 Å². The van der Waals surface area contributed by atoms with Gasteiger partial charge in [0.15, 0.2) is 16.6 Å². The lowest BCUT2D eigenvalue weighted by molar-refractivity contribution is 0.268. The summed E-state index contributed by atoms with van der Waals surface area (Å²) in [6.45, 7) is 27.0. The first-order valence-corrected chi connectivity index (χ1v) is 21.8. The topological polar surface area (TPSA) is 82.1 Å². The number of benzene rings is 1. The minimum absolute atomic E-state index is 0.00460. The van der Waals surface area contributed by atoms with Gasteiger partial charge in [-0.25, -0.2) is 0 Å². The largest absolute Gasteiger partial charge is 0.411 e. The molecule has 5 aromatic rings. The van der Waals surface area contributed by atoms with E-state index in [0.29, 0.717) is 24.2 Å². The van der Waals surface area contributed by atoms with Crippen LogP contribution in [0.3, 0.4) is 0 Å². The van der Waals surface area contributed by atoms with E-state index in [4.69, 9.17) is 8.85 Å². The van der Waals surface area contributed by atoms with Crippen LogP contribution in [0.5, 0.6) is 0 Å². The molecule has 1 aromatic carbocycles. The molecule has 0 radical (unpaired) electrons. The van der Waals surface area contributed by atoms with Crippen molar-refractivity contribution in [1.29, 1.82) is 0 Å². The van der Waals surface area contributed by atoms with E-state index in [1.807, 2.05) is 89.9 Å². The molecule has 0 fully saturated rings. The van der Waals surface area contributed by atoms with Gasteiger partial charge < -0.3 is 22.6 Å². The van der Waals surface area contributed by atoms with Crippen molar-refractivity contribution in [1.82, 2.24) is 18.4 Å². The zero-order chi connectivity index (χ0) is 34.2. The van der Waals surface area contributed by atoms with Crippen molar-refractivity contribution in [2.75, 3.05) is 0 Å². The van der Waals surface area contributed by atoms with Crippen LogP contribution >= 0.6 is 0 Å². The van der Waals surface area contributed by atoms with Crippen molar-refractivity contribution in [2.45, 2.75) is 105 Å². The maximum absolute atomic E-state index is 13.3. The minimum Gasteiger partial charge on any atom is -0.411 e. The average molecular weight is 661 g/mol. The van der Waals surface area contributed by atoms with Crippen LogP contribution in [-0.4, -0.2) is 35.0 Å². The number of fused-ring (bicyclic) bond motifs is 2. The number of hydrogen-bond acceptors (Lipinski definition) is 4. The Kier molecular flexibility index (Phi) is 9.99. The van der Waals surface area contributed by atoms with Crippen molar-refractivity contribution >= 4 is 27.7 Å². The summed E-state index contributed by atoms with van der Waals surface area (Å²) in [7, 11) is -3.71. The Balaban J connectivity index is 0.000000216. The van der Waals surface area contributed by atoms with E-state index in [-0.39, 0.29) is 21.2 Å². The van der Waals surface area contributed by atoms with Crippen molar-refractivity contribution in [3.63, 3.8) is 0 Å². The molecule has 0 spiro atoms. The fraction of sp³-hybridized carbons (Fsp3) is 0.444. The Hall–Kier alpha value is -3.45. The third-order valence-electron chi connectivity index (χ3n) is 9.79. The van der Waals surface area contributed by atoms with Gasteiger partial charge in [0.25, 0.3) is 11.1 Å². The van der Waals surface area contributed by atoms with E-state index in [0.717, 1.165) is 28.2 Å². The Labute approximate surface area is 275 Å². The number of rotatable bonds is 7. The second kappa shape index (κ2) is 13.0. The van der Waals surface area contributed by atoms with Crippen molar-refractivity contribution in [2.24, 2.45) is 0 Å². The molecule has 1 N–H and O–H groups in total. The maximum atomic E-state index is 13.3. The zero-order valence-corrected chi connectivity index (χ0v) is 31.7. The Bertz CT molecular complexity index is 1930. The molecule has 10 heteroatoms. The fourth-order valence-corrected chi connectivity index (χ4v) is 6.62. The minimum atomic E-state index is -1.92. The molecule has 4 aromatic heterocycles. The van der Waals surface area contributed by atoms with Gasteiger partial charge in [-0.3, -0.25) is 14.2 Å². The standard InChI is InChI=1S/C21H28N2O2Si.C15H24N2O2Si/c1-16-12-13-22-14-18(15-25-26(5,6)21(2,3)4)23(20(24)19(16)22)17-10-8-7-9-11-17;1-11-7-8-17-9-12(16-14(18)13(11)17)10-19-20(5,6)15(2,3)4/h7-14H,15H2,1-6H3;7-9H,10H2,1-6H3,(H,16,18). The van der Waals surface area contributed by atoms with Gasteiger partial charge in [-0.05, 0) is 85.5 Å². The van der Waals surface area contributed by atoms with E-state index >= 15 is 0 Å². The summed E-state index contributed by atoms with van der Waals surface area (Å²) in [5, 5.41) is 0.292. The average Bonchev–Trinajstić information content (AvgIpc) is 3.52. The number of H-pyrrole nitrogens is 1. The first-order valence-electron chi connectivity index (χ1n) is 16.0. The molecule has 0 saturated carbocycles. The molecule has 0 amide bonds. The summed E-state index contributed by atoms with van der Waals surface area (Å²) in [5.41, 5.74) is 5.90. The second-order valence-corrected chi connectivity index (χ2v) is 24.9. The predicted molar refractivity (Wildman–Crippen MR) is 194 cm³/mol. The molecule has 0 unspecified atom stereocenters. The van der Waals surface area contributed by atoms with E-state index < -0.39 is 16.6 Å². The summed E-state index contributed by atoms with van der Waals surface area (Å²) in [6, 6.07) is 13.7. The van der Waals surface area contributed by atoms with Gasteiger partial charge >= 0.3 is 0 Å². The van der Waals surface area contributed by atoms with Crippen molar-refractivity contribution in [3.05, 3.63) is 110 Å². The van der Waals surface area contributed by atoms with Crippen LogP contribution in [0.2, 0.25) is 36.3 Å². The van der Waals surface area contributed by atoms with Gasteiger partial charge in [0.1, 0.15) is 11.0 Å². The predicted octanol–water partition coefficient (Wildman–Crippen LogP) is 8.38. The number of nitrogens with one attached hydrogen (secondary N) is 1. The second-order valence-electron chi connectivity index (χ2n) is 15.3. The molecule has 248 valence electrons. The third-order valence-corrected chi connectivity index (χ3v) is 18.8. The quantitative estimate of drug-likeness (QED) is 0.178. The van der Waals surface area contributed by atoms with E-state index in [1.165, 1.54) is 0 Å². The number of aromatic nitrogens is 4. The molecule has 0 saturated heterocycles. The SMILES string of the molecule is Cc1ccn2cc(CO[Si](C)(C)C(C)(C)C)[nH]c(=O)c12.Cc1ccn2cc(CO[Si](C)(C)C(C)(C)C)n(-c3ccccc3)c(=O)c12. The van der Waals surface area contributed by atoms with Gasteiger partial charge in [-0.1, -0.05) is 59.7 Å². The molecular weight excluding hydrogens is 609 g/mol. The number of para-hydroxylation sites is 1. The molecule has 0 bridgehead atoms. The summed E-state index contributed by atoms with van der Waals surface area (Å²) < 4.78 is 18.1. The lowest BCUT2D eigenvalue weighted by Crippen LogP contribution is -2.41. The highest BCUT2D eigenvalue weighted by Gasteiger charge is 2.38. The fourth-order valence-electron chi connectivity index (χ4n) is 4.73. The number of nitrogens with zero attached hydrogens (tertiary/aromatic N) is 3. The smallest absolute Gasteiger partial charge is 0.279 e. The lowest BCUT2D eigenvalue weighted by atomic mass is 10.2. The van der Waals surface area contributed by atoms with Crippen molar-refractivity contribution < 1.29 is 8.85 Å². The first-order chi connectivity index (χ1) is 21.2. The maximum Gasteiger partial charge on any atom is 0.279 e. The number of aryl methyl sites for hydroxylation is 2. The normalized spacial score (nSPS) is 12.9. The summed E-state index contributed by atoms with van der Waals surface area (Å²) in [5.74, 6) is 0. The molecule has 5 rings (SSSR count). The van der Waals surface area contributed by atoms with Gasteiger partial charge in [-0.2, -0.15) is 0 Å². The van der Waals surface area contributed by atoms with Gasteiger partial charge in [0.2, 0.25) is 0 Å². The van der Waals surface area contributed by atoms with Crippen LogP contribution in [0, 0.1) is 13.8 Å². The molecule has 46 heavy (non-hydrogen) atoms. The number of aromatic amines is 1. The molecule has 0 aliphatic rings. The van der Waals surface area contributed by atoms with E-state index in [2.05, 4.69) is 72.7 Å². The van der Waals surface area contributed by atoms with Crippen LogP contribution in [0.1, 0.15) is 64.1 Å². The lowest BCUT2D eigenvalue weighted by Gasteiger charge is -2.36. The van der Waals surface area contributed by atoms with Crippen LogP contribution in [-0.2, 0) is 22.1 Å². The molecular formula is C36H52N4O4Si2. The highest BCUT2D eigenvalue weighted by atomic mass is 28.4. The first kappa shape index (κ1) is 35.4. The van der Waals surface area contributed by atoms with Crippen molar-refractivity contribution in [3.8, 4) is 5.69 Å². The third kappa shape index (κ3) is 7.41. The summed E-state index contributed by atoms with van der Waals surface area (Å²) in [4.78, 5) is 28.3. The van der Waals surface area contributed by atoms with Crippen LogP contribution in [0.4, 0.5) is 0 Å². The Morgan fingerprint density at radius 2 is 1.20 bits per heavy atom. The molecule has 0 atom stereocenters. The van der Waals surface area contributed by atoms with Gasteiger partial charge in [0, 0.05) is 30.5 Å². The van der Waals surface area contributed by atoms with Gasteiger partial charge in [0.05, 0.1) is 24.6 Å². The monoisotopic (exact) mass is 660 g/mol. The van der Waals surface area contributed by atoms with Crippen LogP contribution in [0.15, 0.2) is 76.8 Å². The molecule has 8 nitrogen and oxygen atoms in total. The molecule has 0 aliphatic carbocycles. The van der Waals surface area contributed by atoms with E-state index in [9.17, 15) is 9.59 Å².